The van der Waals surface area contributed by atoms with Gasteiger partial charge in [0.05, 0.1) is 11.3 Å². The third-order valence-electron chi connectivity index (χ3n) is 2.73. The van der Waals surface area contributed by atoms with Gasteiger partial charge in [-0.05, 0) is 23.4 Å². The molecule has 2 rings (SSSR count). The van der Waals surface area contributed by atoms with Gasteiger partial charge in [0.1, 0.15) is 11.2 Å². The van der Waals surface area contributed by atoms with Gasteiger partial charge < -0.3 is 10.6 Å². The highest BCUT2D eigenvalue weighted by molar-refractivity contribution is 7.10. The summed E-state index contributed by atoms with van der Waals surface area (Å²) in [6.45, 7) is 8.26. The van der Waals surface area contributed by atoms with Gasteiger partial charge in [-0.1, -0.05) is 27.7 Å². The predicted octanol–water partition coefficient (Wildman–Crippen LogP) is 2.40. The van der Waals surface area contributed by atoms with Gasteiger partial charge in [0, 0.05) is 0 Å². The number of amides is 1. The van der Waals surface area contributed by atoms with E-state index in [1.54, 1.807) is 0 Å². The summed E-state index contributed by atoms with van der Waals surface area (Å²) in [7, 11) is 0. The molecule has 4 nitrogen and oxygen atoms in total. The summed E-state index contributed by atoms with van der Waals surface area (Å²) >= 11 is 1.38. The van der Waals surface area contributed by atoms with E-state index in [1.807, 2.05) is 0 Å². The number of nitrogens with zero attached hydrogens (tertiary/aromatic N) is 1. The third kappa shape index (κ3) is 1.80. The monoisotopic (exact) mass is 239 g/mol. The second-order valence-electron chi connectivity index (χ2n) is 4.77. The van der Waals surface area contributed by atoms with Crippen LogP contribution >= 0.6 is 11.5 Å². The molecule has 0 saturated carbocycles. The lowest BCUT2D eigenvalue weighted by molar-refractivity contribution is 0.0925. The van der Waals surface area contributed by atoms with Gasteiger partial charge in [-0.25, -0.2) is 0 Å². The molecule has 1 aromatic heterocycles. The highest BCUT2D eigenvalue weighted by Gasteiger charge is 2.31. The number of fused-ring (bicyclic) bond motifs is 1. The fourth-order valence-electron chi connectivity index (χ4n) is 1.74. The highest BCUT2D eigenvalue weighted by Crippen LogP contribution is 2.32. The van der Waals surface area contributed by atoms with Crippen LogP contribution in [0, 0.1) is 5.92 Å². The van der Waals surface area contributed by atoms with E-state index in [-0.39, 0.29) is 18.0 Å². The molecule has 0 spiro atoms. The molecule has 88 valence electrons. The number of carbonyl (C=O) groups excluding carboxylic acids is 1. The molecular formula is C11H17N3OS. The van der Waals surface area contributed by atoms with Crippen molar-refractivity contribution in [1.29, 1.82) is 0 Å². The average Bonchev–Trinajstić information content (AvgIpc) is 2.61. The molecule has 1 amide bonds. The van der Waals surface area contributed by atoms with Crippen LogP contribution in [0.4, 0.5) is 5.00 Å². The minimum Gasteiger partial charge on any atom is -0.355 e. The smallest absolute Gasteiger partial charge is 0.257 e. The fraction of sp³-hybridized carbons (Fsp3) is 0.636. The zero-order valence-electron chi connectivity index (χ0n) is 10.00. The van der Waals surface area contributed by atoms with Gasteiger partial charge >= 0.3 is 0 Å². The van der Waals surface area contributed by atoms with Gasteiger partial charge in [-0.2, -0.15) is 4.37 Å². The highest BCUT2D eigenvalue weighted by atomic mass is 32.1. The first kappa shape index (κ1) is 11.4. The Labute approximate surface area is 99.6 Å². The molecule has 1 aliphatic rings. The van der Waals surface area contributed by atoms with Crippen LogP contribution in [0.1, 0.15) is 49.7 Å². The Balaban J connectivity index is 2.36. The number of aromatic nitrogens is 1. The van der Waals surface area contributed by atoms with Crippen molar-refractivity contribution in [1.82, 2.24) is 9.69 Å². The number of carbonyl (C=O) groups is 1. The lowest BCUT2D eigenvalue weighted by Gasteiger charge is -2.28. The molecule has 2 heterocycles. The molecular weight excluding hydrogens is 222 g/mol. The lowest BCUT2D eigenvalue weighted by Crippen LogP contribution is -2.47. The summed E-state index contributed by atoms with van der Waals surface area (Å²) in [5, 5.41) is 7.20. The number of nitrogens with one attached hydrogen (secondary N) is 2. The third-order valence-corrected chi connectivity index (χ3v) is 3.52. The Kier molecular flexibility index (Phi) is 2.88. The summed E-state index contributed by atoms with van der Waals surface area (Å²) < 4.78 is 4.36. The Morgan fingerprint density at radius 2 is 1.94 bits per heavy atom. The summed E-state index contributed by atoms with van der Waals surface area (Å²) in [5.74, 6) is 0.648. The predicted molar refractivity (Wildman–Crippen MR) is 65.9 cm³/mol. The van der Waals surface area contributed by atoms with Gasteiger partial charge in [0.25, 0.3) is 5.91 Å². The van der Waals surface area contributed by atoms with E-state index in [0.717, 1.165) is 16.3 Å². The Morgan fingerprint density at radius 3 is 2.50 bits per heavy atom. The minimum absolute atomic E-state index is 0.00454. The largest absolute Gasteiger partial charge is 0.355 e. The molecule has 0 bridgehead atoms. The molecule has 0 radical (unpaired) electrons. The van der Waals surface area contributed by atoms with Crippen LogP contribution in [-0.4, -0.2) is 16.4 Å². The van der Waals surface area contributed by atoms with Crippen LogP contribution < -0.4 is 10.6 Å². The average molecular weight is 239 g/mol. The summed E-state index contributed by atoms with van der Waals surface area (Å²) in [6, 6.07) is 0. The summed E-state index contributed by atoms with van der Waals surface area (Å²) in [4.78, 5) is 12.0. The molecule has 5 heteroatoms. The van der Waals surface area contributed by atoms with Crippen molar-refractivity contribution >= 4 is 22.4 Å². The topological polar surface area (TPSA) is 54.0 Å². The normalized spacial score (nSPS) is 19.6. The maximum absolute atomic E-state index is 12.0. The molecule has 1 aliphatic heterocycles. The van der Waals surface area contributed by atoms with E-state index in [4.69, 9.17) is 0 Å². The number of hydrogen-bond donors (Lipinski definition) is 2. The second kappa shape index (κ2) is 4.05. The van der Waals surface area contributed by atoms with Gasteiger partial charge in [0.2, 0.25) is 0 Å². The van der Waals surface area contributed by atoms with Crippen molar-refractivity contribution in [3.8, 4) is 0 Å². The van der Waals surface area contributed by atoms with Crippen LogP contribution in [0.2, 0.25) is 0 Å². The zero-order valence-corrected chi connectivity index (χ0v) is 10.8. The van der Waals surface area contributed by atoms with Crippen molar-refractivity contribution in [2.24, 2.45) is 5.92 Å². The number of anilines is 1. The van der Waals surface area contributed by atoms with Crippen molar-refractivity contribution < 1.29 is 4.79 Å². The van der Waals surface area contributed by atoms with Crippen LogP contribution in [-0.2, 0) is 0 Å². The standard InChI is InChI=1S/C11H17N3OS/c1-5(2)8-7-10(15)12-9(6(3)4)13-11(7)16-14-8/h5-6,9,13H,1-4H3,(H,12,15). The number of hydrogen-bond acceptors (Lipinski definition) is 4. The number of rotatable bonds is 2. The van der Waals surface area contributed by atoms with Crippen LogP contribution in [0.5, 0.6) is 0 Å². The van der Waals surface area contributed by atoms with Crippen molar-refractivity contribution in [2.75, 3.05) is 5.32 Å². The van der Waals surface area contributed by atoms with Gasteiger partial charge in [-0.3, -0.25) is 4.79 Å². The van der Waals surface area contributed by atoms with Crippen LogP contribution in [0.25, 0.3) is 0 Å². The Hall–Kier alpha value is -1.10. The molecule has 0 aromatic carbocycles. The minimum atomic E-state index is 0.00454. The molecule has 16 heavy (non-hydrogen) atoms. The maximum Gasteiger partial charge on any atom is 0.257 e. The molecule has 0 saturated heterocycles. The van der Waals surface area contributed by atoms with Crippen molar-refractivity contribution in [3.05, 3.63) is 11.3 Å². The second-order valence-corrected chi connectivity index (χ2v) is 5.54. The van der Waals surface area contributed by atoms with E-state index in [1.165, 1.54) is 11.5 Å². The molecule has 1 aromatic rings. The fourth-order valence-corrected chi connectivity index (χ4v) is 2.70. The first-order chi connectivity index (χ1) is 7.50. The summed E-state index contributed by atoms with van der Waals surface area (Å²) in [5.41, 5.74) is 1.63. The van der Waals surface area contributed by atoms with E-state index in [2.05, 4.69) is 42.7 Å². The van der Waals surface area contributed by atoms with Crippen LogP contribution in [0.3, 0.4) is 0 Å². The quantitative estimate of drug-likeness (QED) is 0.833. The van der Waals surface area contributed by atoms with Gasteiger partial charge in [-0.15, -0.1) is 0 Å². The summed E-state index contributed by atoms with van der Waals surface area (Å²) in [6.07, 6.45) is 0.0143. The Bertz CT molecular complexity index is 411. The Morgan fingerprint density at radius 1 is 1.25 bits per heavy atom. The van der Waals surface area contributed by atoms with E-state index in [0.29, 0.717) is 5.92 Å². The van der Waals surface area contributed by atoms with Crippen molar-refractivity contribution in [2.45, 2.75) is 39.8 Å². The van der Waals surface area contributed by atoms with E-state index >= 15 is 0 Å². The van der Waals surface area contributed by atoms with E-state index < -0.39 is 0 Å². The van der Waals surface area contributed by atoms with Crippen LogP contribution in [0.15, 0.2) is 0 Å². The maximum atomic E-state index is 12.0. The first-order valence-electron chi connectivity index (χ1n) is 5.57. The van der Waals surface area contributed by atoms with Gasteiger partial charge in [0.15, 0.2) is 0 Å². The molecule has 1 atom stereocenters. The molecule has 1 unspecified atom stereocenters. The SMILES string of the molecule is CC(C)c1nsc2c1C(=O)NC(C(C)C)N2. The molecule has 2 N–H and O–H groups in total. The molecule has 0 fully saturated rings. The van der Waals surface area contributed by atoms with Crippen molar-refractivity contribution in [3.63, 3.8) is 0 Å². The molecule has 0 aliphatic carbocycles. The van der Waals surface area contributed by atoms with E-state index in [9.17, 15) is 4.79 Å². The zero-order chi connectivity index (χ0) is 11.9. The first-order valence-corrected chi connectivity index (χ1v) is 6.35. The lowest BCUT2D eigenvalue weighted by atomic mass is 10.0.